The second kappa shape index (κ2) is 7.04. The highest BCUT2D eigenvalue weighted by Gasteiger charge is 2.20. The maximum Gasteiger partial charge on any atom is 0.260 e. The number of hydrogen-bond donors (Lipinski definition) is 1. The minimum atomic E-state index is -0.246. The normalized spacial score (nSPS) is 14.3. The maximum atomic E-state index is 13.6. The number of carbonyl (C=O) groups is 1. The summed E-state index contributed by atoms with van der Waals surface area (Å²) in [5.41, 5.74) is 3.05. The number of para-hydroxylation sites is 1. The summed E-state index contributed by atoms with van der Waals surface area (Å²) < 4.78 is 19.1. The molecule has 5 heteroatoms. The van der Waals surface area contributed by atoms with Crippen molar-refractivity contribution < 1.29 is 13.9 Å². The predicted molar refractivity (Wildman–Crippen MR) is 99.4 cm³/mol. The zero-order valence-corrected chi connectivity index (χ0v) is 14.2. The number of benzene rings is 2. The largest absolute Gasteiger partial charge is 0.484 e. The molecule has 0 aliphatic carbocycles. The van der Waals surface area contributed by atoms with Crippen LogP contribution >= 0.6 is 0 Å². The third-order valence-corrected chi connectivity index (χ3v) is 4.66. The van der Waals surface area contributed by atoms with Gasteiger partial charge in [0.1, 0.15) is 11.6 Å². The Bertz CT molecular complexity index is 963. The van der Waals surface area contributed by atoms with E-state index in [2.05, 4.69) is 4.98 Å². The van der Waals surface area contributed by atoms with Crippen LogP contribution in [-0.4, -0.2) is 35.5 Å². The molecule has 0 fully saturated rings. The lowest BCUT2D eigenvalue weighted by Crippen LogP contribution is -2.37. The number of fused-ring (bicyclic) bond motifs is 1. The van der Waals surface area contributed by atoms with Crippen LogP contribution in [0.2, 0.25) is 0 Å². The fourth-order valence-electron chi connectivity index (χ4n) is 3.25. The molecule has 2 heterocycles. The summed E-state index contributed by atoms with van der Waals surface area (Å²) in [5.74, 6) is 0.411. The van der Waals surface area contributed by atoms with Gasteiger partial charge in [-0.3, -0.25) is 4.79 Å². The van der Waals surface area contributed by atoms with Crippen LogP contribution in [0.1, 0.15) is 12.0 Å². The van der Waals surface area contributed by atoms with Crippen LogP contribution in [0.4, 0.5) is 4.39 Å². The van der Waals surface area contributed by atoms with Gasteiger partial charge in [-0.15, -0.1) is 0 Å². The van der Waals surface area contributed by atoms with E-state index in [1.54, 1.807) is 17.0 Å². The minimum Gasteiger partial charge on any atom is -0.484 e. The first kappa shape index (κ1) is 16.4. The zero-order valence-electron chi connectivity index (χ0n) is 14.2. The lowest BCUT2D eigenvalue weighted by Gasteiger charge is -2.26. The Morgan fingerprint density at radius 3 is 2.81 bits per heavy atom. The van der Waals surface area contributed by atoms with Gasteiger partial charge in [-0.25, -0.2) is 4.39 Å². The van der Waals surface area contributed by atoms with Crippen LogP contribution in [0.25, 0.3) is 16.5 Å². The number of amides is 1. The highest BCUT2D eigenvalue weighted by atomic mass is 19.1. The summed E-state index contributed by atoms with van der Waals surface area (Å²) >= 11 is 0. The van der Waals surface area contributed by atoms with Crippen LogP contribution < -0.4 is 4.74 Å². The average molecular weight is 350 g/mol. The van der Waals surface area contributed by atoms with Crippen LogP contribution in [0.15, 0.2) is 60.8 Å². The first-order chi connectivity index (χ1) is 12.7. The Balaban J connectivity index is 1.42. The minimum absolute atomic E-state index is 0.0332. The van der Waals surface area contributed by atoms with Crippen molar-refractivity contribution in [2.75, 3.05) is 19.7 Å². The van der Waals surface area contributed by atoms with Crippen molar-refractivity contribution in [3.63, 3.8) is 0 Å². The Hall–Kier alpha value is -3.08. The van der Waals surface area contributed by atoms with Crippen molar-refractivity contribution in [1.29, 1.82) is 0 Å². The molecule has 2 aromatic carbocycles. The van der Waals surface area contributed by atoms with Gasteiger partial charge in [-0.2, -0.15) is 0 Å². The first-order valence-electron chi connectivity index (χ1n) is 8.62. The number of nitrogens with zero attached hydrogens (tertiary/aromatic N) is 1. The van der Waals surface area contributed by atoms with Gasteiger partial charge in [-0.05, 0) is 42.3 Å². The fourth-order valence-corrected chi connectivity index (χ4v) is 3.25. The Morgan fingerprint density at radius 1 is 1.19 bits per heavy atom. The molecule has 4 nitrogen and oxygen atoms in total. The number of rotatable bonds is 4. The van der Waals surface area contributed by atoms with Crippen LogP contribution in [0, 0.1) is 5.82 Å². The summed E-state index contributed by atoms with van der Waals surface area (Å²) in [4.78, 5) is 17.3. The van der Waals surface area contributed by atoms with Gasteiger partial charge in [0.2, 0.25) is 0 Å². The lowest BCUT2D eigenvalue weighted by molar-refractivity contribution is -0.132. The molecule has 26 heavy (non-hydrogen) atoms. The number of aromatic nitrogens is 1. The van der Waals surface area contributed by atoms with E-state index in [0.29, 0.717) is 18.8 Å². The molecule has 0 radical (unpaired) electrons. The molecule has 0 bridgehead atoms. The summed E-state index contributed by atoms with van der Waals surface area (Å²) in [6.07, 6.45) is 4.68. The van der Waals surface area contributed by atoms with Crippen molar-refractivity contribution in [3.05, 3.63) is 72.2 Å². The third kappa shape index (κ3) is 3.33. The quantitative estimate of drug-likeness (QED) is 0.773. The highest BCUT2D eigenvalue weighted by molar-refractivity contribution is 5.93. The number of nitrogens with one attached hydrogen (secondary N) is 1. The number of aromatic amines is 1. The summed E-state index contributed by atoms with van der Waals surface area (Å²) in [5, 5.41) is 0.878. The molecule has 1 N–H and O–H groups in total. The van der Waals surface area contributed by atoms with Crippen molar-refractivity contribution in [2.45, 2.75) is 6.42 Å². The van der Waals surface area contributed by atoms with Gasteiger partial charge >= 0.3 is 0 Å². The number of H-pyrrole nitrogens is 1. The molecule has 1 aliphatic rings. The van der Waals surface area contributed by atoms with Crippen LogP contribution in [0.3, 0.4) is 0 Å². The van der Waals surface area contributed by atoms with E-state index >= 15 is 0 Å². The number of halogens is 1. The van der Waals surface area contributed by atoms with E-state index in [-0.39, 0.29) is 18.3 Å². The van der Waals surface area contributed by atoms with Gasteiger partial charge < -0.3 is 14.6 Å². The molecule has 0 atom stereocenters. The van der Waals surface area contributed by atoms with Crippen LogP contribution in [0.5, 0.6) is 5.75 Å². The van der Waals surface area contributed by atoms with E-state index in [1.807, 2.05) is 42.6 Å². The molecule has 0 saturated carbocycles. The predicted octanol–water partition coefficient (Wildman–Crippen LogP) is 4.00. The zero-order chi connectivity index (χ0) is 17.9. The number of ether oxygens (including phenoxy) is 1. The molecule has 0 unspecified atom stereocenters. The average Bonchev–Trinajstić information content (AvgIpc) is 3.10. The SMILES string of the molecule is O=C(COc1ccccc1)N1CC=C(c2c[nH]c3ccc(F)cc23)CC1. The Morgan fingerprint density at radius 2 is 2.04 bits per heavy atom. The molecule has 0 spiro atoms. The van der Waals surface area contributed by atoms with Crippen molar-refractivity contribution in [3.8, 4) is 5.75 Å². The van der Waals surface area contributed by atoms with E-state index in [1.165, 1.54) is 6.07 Å². The summed E-state index contributed by atoms with van der Waals surface area (Å²) in [6.45, 7) is 1.20. The molecular formula is C21H19FN2O2. The van der Waals surface area contributed by atoms with Gasteiger partial charge in [-0.1, -0.05) is 24.3 Å². The van der Waals surface area contributed by atoms with E-state index in [0.717, 1.165) is 28.5 Å². The number of carbonyl (C=O) groups excluding carboxylic acids is 1. The molecule has 1 aromatic heterocycles. The van der Waals surface area contributed by atoms with E-state index in [9.17, 15) is 9.18 Å². The maximum absolute atomic E-state index is 13.6. The summed E-state index contributed by atoms with van der Waals surface area (Å²) in [7, 11) is 0. The second-order valence-corrected chi connectivity index (χ2v) is 6.31. The topological polar surface area (TPSA) is 45.3 Å². The Labute approximate surface area is 150 Å². The molecule has 4 rings (SSSR count). The van der Waals surface area contributed by atoms with Crippen molar-refractivity contribution >= 4 is 22.4 Å². The Kier molecular flexibility index (Phi) is 4.44. The van der Waals surface area contributed by atoms with Gasteiger partial charge in [0.05, 0.1) is 0 Å². The first-order valence-corrected chi connectivity index (χ1v) is 8.62. The second-order valence-electron chi connectivity index (χ2n) is 6.31. The smallest absolute Gasteiger partial charge is 0.260 e. The summed E-state index contributed by atoms with van der Waals surface area (Å²) in [6, 6.07) is 14.1. The lowest BCUT2D eigenvalue weighted by atomic mass is 9.99. The molecular weight excluding hydrogens is 331 g/mol. The molecule has 1 amide bonds. The molecule has 3 aromatic rings. The fraction of sp³-hybridized carbons (Fsp3) is 0.190. The monoisotopic (exact) mass is 350 g/mol. The van der Waals surface area contributed by atoms with Crippen LogP contribution in [-0.2, 0) is 4.79 Å². The van der Waals surface area contributed by atoms with Gasteiger partial charge in [0.15, 0.2) is 6.61 Å². The highest BCUT2D eigenvalue weighted by Crippen LogP contribution is 2.29. The van der Waals surface area contributed by atoms with E-state index < -0.39 is 0 Å². The van der Waals surface area contributed by atoms with E-state index in [4.69, 9.17) is 4.74 Å². The van der Waals surface area contributed by atoms with Crippen molar-refractivity contribution in [1.82, 2.24) is 9.88 Å². The number of hydrogen-bond acceptors (Lipinski definition) is 2. The third-order valence-electron chi connectivity index (χ3n) is 4.66. The molecule has 0 saturated heterocycles. The molecule has 1 aliphatic heterocycles. The van der Waals surface area contributed by atoms with Crippen molar-refractivity contribution in [2.24, 2.45) is 0 Å². The van der Waals surface area contributed by atoms with Gasteiger partial charge in [0, 0.05) is 35.8 Å². The standard InChI is InChI=1S/C21H19FN2O2/c22-16-6-7-20-18(12-16)19(13-23-20)15-8-10-24(11-9-15)21(25)14-26-17-4-2-1-3-5-17/h1-8,12-13,23H,9-11,14H2. The van der Waals surface area contributed by atoms with Gasteiger partial charge in [0.25, 0.3) is 5.91 Å². The molecule has 132 valence electrons.